The highest BCUT2D eigenvalue weighted by Gasteiger charge is 2.27. The molecule has 0 saturated carbocycles. The van der Waals surface area contributed by atoms with Crippen molar-refractivity contribution in [3.63, 3.8) is 0 Å². The highest BCUT2D eigenvalue weighted by atomic mass is 19.1. The third kappa shape index (κ3) is 3.94. The molecule has 2 aliphatic heterocycles. The van der Waals surface area contributed by atoms with Crippen LogP contribution in [0.1, 0.15) is 23.2 Å². The molecule has 12 heteroatoms. The third-order valence-corrected chi connectivity index (χ3v) is 6.01. The molecule has 0 unspecified atom stereocenters. The van der Waals surface area contributed by atoms with E-state index >= 15 is 0 Å². The number of nitrogen functional groups attached to an aromatic ring is 1. The average molecular weight is 441 g/mol. The van der Waals surface area contributed by atoms with E-state index in [4.69, 9.17) is 10.5 Å². The van der Waals surface area contributed by atoms with E-state index in [1.165, 1.54) is 6.20 Å². The molecule has 2 fully saturated rings. The van der Waals surface area contributed by atoms with Gasteiger partial charge in [0.1, 0.15) is 5.56 Å². The maximum absolute atomic E-state index is 13.4. The quantitative estimate of drug-likeness (QED) is 0.604. The Labute approximate surface area is 183 Å². The number of rotatable bonds is 4. The van der Waals surface area contributed by atoms with Crippen LogP contribution in [0.25, 0.3) is 5.65 Å². The fourth-order valence-corrected chi connectivity index (χ4v) is 4.37. The topological polar surface area (TPSA) is 127 Å². The van der Waals surface area contributed by atoms with Gasteiger partial charge in [-0.3, -0.25) is 9.69 Å². The third-order valence-electron chi connectivity index (χ3n) is 6.01. The molecule has 5 rings (SSSR count). The zero-order valence-electron chi connectivity index (χ0n) is 17.4. The number of carbonyl (C=O) groups excluding carboxylic acids is 1. The summed E-state index contributed by atoms with van der Waals surface area (Å²) in [7, 11) is 0. The van der Waals surface area contributed by atoms with Crippen LogP contribution in [0.3, 0.4) is 0 Å². The van der Waals surface area contributed by atoms with Gasteiger partial charge in [0.25, 0.3) is 5.91 Å². The number of hydrogen-bond donors (Lipinski definition) is 2. The van der Waals surface area contributed by atoms with Crippen LogP contribution in [-0.2, 0) is 4.74 Å². The van der Waals surface area contributed by atoms with E-state index in [9.17, 15) is 9.18 Å². The van der Waals surface area contributed by atoms with Crippen molar-refractivity contribution in [2.75, 3.05) is 55.3 Å². The fourth-order valence-electron chi connectivity index (χ4n) is 4.37. The van der Waals surface area contributed by atoms with E-state index in [0.717, 1.165) is 74.8 Å². The minimum absolute atomic E-state index is 0.0331. The number of carbonyl (C=O) groups is 1. The lowest BCUT2D eigenvalue weighted by molar-refractivity contribution is 0.0321. The number of piperazine rings is 1. The van der Waals surface area contributed by atoms with Crippen molar-refractivity contribution in [2.45, 2.75) is 18.9 Å². The molecule has 5 heterocycles. The van der Waals surface area contributed by atoms with Gasteiger partial charge in [-0.1, -0.05) is 0 Å². The Morgan fingerprint density at radius 3 is 2.66 bits per heavy atom. The van der Waals surface area contributed by atoms with Crippen molar-refractivity contribution < 1.29 is 13.9 Å². The number of nitrogens with zero attached hydrogens (tertiary/aromatic N) is 7. The number of amides is 1. The molecule has 2 aliphatic rings. The number of anilines is 3. The Morgan fingerprint density at radius 2 is 1.88 bits per heavy atom. The molecular weight excluding hydrogens is 417 g/mol. The summed E-state index contributed by atoms with van der Waals surface area (Å²) in [6, 6.07) is 0.566. The Hall–Kier alpha value is -3.38. The molecule has 3 aromatic rings. The molecule has 0 radical (unpaired) electrons. The van der Waals surface area contributed by atoms with Gasteiger partial charge >= 0.3 is 0 Å². The lowest BCUT2D eigenvalue weighted by Crippen LogP contribution is -2.51. The first-order chi connectivity index (χ1) is 15.6. The number of nitrogens with two attached hydrogens (primary N) is 1. The highest BCUT2D eigenvalue weighted by molar-refractivity contribution is 6.12. The smallest absolute Gasteiger partial charge is 0.263 e. The van der Waals surface area contributed by atoms with E-state index in [1.54, 1.807) is 6.20 Å². The SMILES string of the molecule is Nc1nn2cc(F)cnc2c1C(=O)Nc1cnncc1N1CCN(C2CCOCC2)CC1. The summed E-state index contributed by atoms with van der Waals surface area (Å²) >= 11 is 0. The largest absolute Gasteiger partial charge is 0.381 e. The minimum Gasteiger partial charge on any atom is -0.381 e. The van der Waals surface area contributed by atoms with Gasteiger partial charge in [0.15, 0.2) is 17.3 Å². The summed E-state index contributed by atoms with van der Waals surface area (Å²) in [5.74, 6) is -1.10. The molecule has 1 amide bonds. The number of fused-ring (bicyclic) bond motifs is 1. The normalized spacial score (nSPS) is 18.2. The lowest BCUT2D eigenvalue weighted by Gasteiger charge is -2.41. The summed E-state index contributed by atoms with van der Waals surface area (Å²) in [6.45, 7) is 5.12. The van der Waals surface area contributed by atoms with Gasteiger partial charge < -0.3 is 20.7 Å². The van der Waals surface area contributed by atoms with Crippen LogP contribution in [0, 0.1) is 5.82 Å². The second-order valence-electron chi connectivity index (χ2n) is 7.91. The molecule has 0 bridgehead atoms. The van der Waals surface area contributed by atoms with Crippen LogP contribution in [0.5, 0.6) is 0 Å². The highest BCUT2D eigenvalue weighted by Crippen LogP contribution is 2.27. The molecule has 3 aromatic heterocycles. The first kappa shape index (κ1) is 20.5. The number of halogens is 1. The van der Waals surface area contributed by atoms with Gasteiger partial charge in [-0.15, -0.1) is 5.10 Å². The summed E-state index contributed by atoms with van der Waals surface area (Å²) in [6.07, 6.45) is 7.42. The Morgan fingerprint density at radius 1 is 1.12 bits per heavy atom. The molecule has 0 aliphatic carbocycles. The molecule has 0 spiro atoms. The Balaban J connectivity index is 1.32. The first-order valence-electron chi connectivity index (χ1n) is 10.6. The lowest BCUT2D eigenvalue weighted by atomic mass is 10.1. The number of ether oxygens (including phenoxy) is 1. The van der Waals surface area contributed by atoms with E-state index < -0.39 is 11.7 Å². The first-order valence-corrected chi connectivity index (χ1v) is 10.6. The number of nitrogens with one attached hydrogen (secondary N) is 1. The number of aromatic nitrogens is 5. The predicted octanol–water partition coefficient (Wildman–Crippen LogP) is 0.794. The fraction of sp³-hybridized carbons (Fsp3) is 0.450. The molecule has 11 nitrogen and oxygen atoms in total. The van der Waals surface area contributed by atoms with E-state index in [-0.39, 0.29) is 17.0 Å². The zero-order chi connectivity index (χ0) is 22.1. The van der Waals surface area contributed by atoms with E-state index in [0.29, 0.717) is 11.7 Å². The van der Waals surface area contributed by atoms with Gasteiger partial charge in [0.05, 0.1) is 36.2 Å². The zero-order valence-corrected chi connectivity index (χ0v) is 17.4. The van der Waals surface area contributed by atoms with Crippen LogP contribution >= 0.6 is 0 Å². The van der Waals surface area contributed by atoms with Crippen LogP contribution < -0.4 is 16.0 Å². The molecule has 0 atom stereocenters. The van der Waals surface area contributed by atoms with Crippen molar-refractivity contribution in [2.24, 2.45) is 0 Å². The molecular formula is C20H24FN9O2. The van der Waals surface area contributed by atoms with E-state index in [2.05, 4.69) is 35.4 Å². The van der Waals surface area contributed by atoms with Crippen LogP contribution in [-0.4, -0.2) is 81.0 Å². The van der Waals surface area contributed by atoms with Gasteiger partial charge in [0.2, 0.25) is 0 Å². The molecule has 0 aromatic carbocycles. The molecule has 2 saturated heterocycles. The standard InChI is InChI=1S/C20H24FN9O2/c21-13-9-23-19-17(18(22)27-30(19)12-13)20(31)26-15-10-24-25-11-16(15)29-5-3-28(4-6-29)14-1-7-32-8-2-14/h9-12,14H,1-8H2,(H2,22,27)(H,25,26,31). The molecule has 32 heavy (non-hydrogen) atoms. The van der Waals surface area contributed by atoms with Crippen molar-refractivity contribution in [3.8, 4) is 0 Å². The predicted molar refractivity (Wildman–Crippen MR) is 115 cm³/mol. The Bertz CT molecular complexity index is 1120. The summed E-state index contributed by atoms with van der Waals surface area (Å²) in [5, 5.41) is 14.8. The van der Waals surface area contributed by atoms with Crippen molar-refractivity contribution in [1.82, 2.24) is 29.7 Å². The minimum atomic E-state index is -0.576. The van der Waals surface area contributed by atoms with Crippen LogP contribution in [0.2, 0.25) is 0 Å². The summed E-state index contributed by atoms with van der Waals surface area (Å²) in [5.41, 5.74) is 7.48. The van der Waals surface area contributed by atoms with Crippen LogP contribution in [0.4, 0.5) is 21.6 Å². The van der Waals surface area contributed by atoms with Gasteiger partial charge in [-0.2, -0.15) is 10.2 Å². The Kier molecular flexibility index (Phi) is 5.53. The monoisotopic (exact) mass is 441 g/mol. The average Bonchev–Trinajstić information content (AvgIpc) is 3.15. The molecule has 168 valence electrons. The second-order valence-corrected chi connectivity index (χ2v) is 7.91. The summed E-state index contributed by atoms with van der Waals surface area (Å²) < 4.78 is 20.1. The van der Waals surface area contributed by atoms with Crippen LogP contribution in [0.15, 0.2) is 24.8 Å². The second kappa shape index (κ2) is 8.63. The van der Waals surface area contributed by atoms with Crippen molar-refractivity contribution in [3.05, 3.63) is 36.2 Å². The van der Waals surface area contributed by atoms with Crippen molar-refractivity contribution in [1.29, 1.82) is 0 Å². The number of hydrogen-bond acceptors (Lipinski definition) is 9. The van der Waals surface area contributed by atoms with Crippen molar-refractivity contribution >= 4 is 28.7 Å². The van der Waals surface area contributed by atoms with Gasteiger partial charge in [-0.25, -0.2) is 13.9 Å². The van der Waals surface area contributed by atoms with Gasteiger partial charge in [-0.05, 0) is 12.8 Å². The van der Waals surface area contributed by atoms with Gasteiger partial charge in [0, 0.05) is 45.4 Å². The maximum atomic E-state index is 13.4. The van der Waals surface area contributed by atoms with E-state index in [1.807, 2.05) is 0 Å². The maximum Gasteiger partial charge on any atom is 0.263 e. The molecule has 3 N–H and O–H groups in total. The summed E-state index contributed by atoms with van der Waals surface area (Å²) in [4.78, 5) is 21.7.